The molecule has 0 saturated heterocycles. The van der Waals surface area contributed by atoms with Crippen molar-refractivity contribution >= 4 is 5.69 Å². The van der Waals surface area contributed by atoms with E-state index in [-0.39, 0.29) is 12.4 Å². The number of aliphatic hydroxyl groups excluding tert-OH is 1. The highest BCUT2D eigenvalue weighted by atomic mass is 19.1. The fourth-order valence-corrected chi connectivity index (χ4v) is 2.11. The summed E-state index contributed by atoms with van der Waals surface area (Å²) in [5, 5.41) is 12.5. The number of rotatable bonds is 10. The zero-order valence-corrected chi connectivity index (χ0v) is 12.4. The van der Waals surface area contributed by atoms with Gasteiger partial charge < -0.3 is 20.1 Å². The zero-order chi connectivity index (χ0) is 14.8. The molecule has 1 rings (SSSR count). The van der Waals surface area contributed by atoms with Crippen molar-refractivity contribution < 1.29 is 14.2 Å². The molecule has 5 heteroatoms. The monoisotopic (exact) mass is 284 g/mol. The van der Waals surface area contributed by atoms with E-state index in [9.17, 15) is 9.50 Å². The second-order valence-corrected chi connectivity index (χ2v) is 4.63. The smallest absolute Gasteiger partial charge is 0.146 e. The summed E-state index contributed by atoms with van der Waals surface area (Å²) in [5.74, 6) is -0.259. The van der Waals surface area contributed by atoms with E-state index < -0.39 is 0 Å². The third kappa shape index (κ3) is 5.07. The molecule has 0 bridgehead atoms. The molecule has 0 radical (unpaired) electrons. The molecule has 0 aliphatic rings. The molecule has 0 aromatic heterocycles. The van der Waals surface area contributed by atoms with Crippen molar-refractivity contribution in [2.24, 2.45) is 0 Å². The van der Waals surface area contributed by atoms with Crippen LogP contribution in [0.2, 0.25) is 0 Å². The van der Waals surface area contributed by atoms with Gasteiger partial charge in [0.25, 0.3) is 0 Å². The number of hydrogen-bond acceptors (Lipinski definition) is 4. The fraction of sp³-hybridized carbons (Fsp3) is 0.600. The molecule has 0 amide bonds. The van der Waals surface area contributed by atoms with E-state index >= 15 is 0 Å². The van der Waals surface area contributed by atoms with Crippen molar-refractivity contribution in [1.82, 2.24) is 5.32 Å². The van der Waals surface area contributed by atoms with Gasteiger partial charge in [-0.15, -0.1) is 0 Å². The molecule has 0 saturated carbocycles. The third-order valence-electron chi connectivity index (χ3n) is 3.06. The van der Waals surface area contributed by atoms with Crippen LogP contribution in [0.4, 0.5) is 10.1 Å². The van der Waals surface area contributed by atoms with Gasteiger partial charge in [-0.3, -0.25) is 0 Å². The van der Waals surface area contributed by atoms with E-state index in [0.717, 1.165) is 18.5 Å². The largest absolute Gasteiger partial charge is 0.395 e. The van der Waals surface area contributed by atoms with E-state index in [4.69, 9.17) is 4.74 Å². The number of nitrogens with zero attached hydrogens (tertiary/aromatic N) is 1. The van der Waals surface area contributed by atoms with Crippen molar-refractivity contribution in [3.8, 4) is 0 Å². The summed E-state index contributed by atoms with van der Waals surface area (Å²) in [6, 6.07) is 5.09. The highest BCUT2D eigenvalue weighted by Crippen LogP contribution is 2.24. The van der Waals surface area contributed by atoms with Gasteiger partial charge in [0.05, 0.1) is 18.9 Å². The lowest BCUT2D eigenvalue weighted by atomic mass is 10.1. The Hall–Kier alpha value is -1.17. The highest BCUT2D eigenvalue weighted by molar-refractivity contribution is 5.55. The lowest BCUT2D eigenvalue weighted by Gasteiger charge is -2.26. The summed E-state index contributed by atoms with van der Waals surface area (Å²) in [7, 11) is 1.61. The van der Waals surface area contributed by atoms with Crippen LogP contribution in [-0.2, 0) is 11.3 Å². The van der Waals surface area contributed by atoms with Gasteiger partial charge in [0.2, 0.25) is 0 Å². The Labute approximate surface area is 120 Å². The normalized spacial score (nSPS) is 10.8. The first-order valence-electron chi connectivity index (χ1n) is 7.07. The quantitative estimate of drug-likeness (QED) is 0.643. The van der Waals surface area contributed by atoms with Gasteiger partial charge >= 0.3 is 0 Å². The summed E-state index contributed by atoms with van der Waals surface area (Å²) in [6.45, 7) is 5.04. The van der Waals surface area contributed by atoms with Gasteiger partial charge in [-0.05, 0) is 24.6 Å². The second kappa shape index (κ2) is 9.69. The Bertz CT molecular complexity index is 388. The van der Waals surface area contributed by atoms with Crippen molar-refractivity contribution in [1.29, 1.82) is 0 Å². The van der Waals surface area contributed by atoms with Crippen molar-refractivity contribution in [2.45, 2.75) is 19.9 Å². The van der Waals surface area contributed by atoms with E-state index in [1.807, 2.05) is 11.0 Å². The van der Waals surface area contributed by atoms with E-state index in [2.05, 4.69) is 12.2 Å². The van der Waals surface area contributed by atoms with Crippen LogP contribution in [0.1, 0.15) is 18.9 Å². The molecule has 114 valence electrons. The highest BCUT2D eigenvalue weighted by Gasteiger charge is 2.15. The molecule has 0 aliphatic heterocycles. The van der Waals surface area contributed by atoms with Gasteiger partial charge in [0.15, 0.2) is 0 Å². The molecule has 0 spiro atoms. The van der Waals surface area contributed by atoms with Crippen molar-refractivity contribution in [2.75, 3.05) is 44.9 Å². The van der Waals surface area contributed by atoms with Crippen molar-refractivity contribution in [3.63, 3.8) is 0 Å². The van der Waals surface area contributed by atoms with Crippen LogP contribution in [-0.4, -0.2) is 45.1 Å². The Kier molecular flexibility index (Phi) is 8.18. The molecular weight excluding hydrogens is 259 g/mol. The molecular formula is C15H25FN2O2. The minimum absolute atomic E-state index is 0.0140. The van der Waals surface area contributed by atoms with Crippen LogP contribution in [0.3, 0.4) is 0 Å². The number of aliphatic hydroxyl groups is 1. The first-order chi connectivity index (χ1) is 9.74. The summed E-state index contributed by atoms with van der Waals surface area (Å²) < 4.78 is 19.2. The summed E-state index contributed by atoms with van der Waals surface area (Å²) >= 11 is 0. The van der Waals surface area contributed by atoms with E-state index in [0.29, 0.717) is 31.9 Å². The molecule has 2 N–H and O–H groups in total. The maximum absolute atomic E-state index is 14.2. The molecule has 4 nitrogen and oxygen atoms in total. The molecule has 0 unspecified atom stereocenters. The first-order valence-corrected chi connectivity index (χ1v) is 7.07. The molecule has 1 aromatic carbocycles. The number of anilines is 1. The Morgan fingerprint density at radius 1 is 1.35 bits per heavy atom. The Morgan fingerprint density at radius 3 is 2.80 bits per heavy atom. The number of ether oxygens (including phenoxy) is 1. The Balaban J connectivity index is 2.91. The SMILES string of the molecule is CCCNCc1cccc(F)c1N(CCO)CCOC. The average molecular weight is 284 g/mol. The number of para-hydroxylation sites is 1. The molecule has 0 atom stereocenters. The van der Waals surface area contributed by atoms with Crippen LogP contribution < -0.4 is 10.2 Å². The number of methoxy groups -OCH3 is 1. The number of halogens is 1. The number of hydrogen-bond donors (Lipinski definition) is 2. The van der Waals surface area contributed by atoms with Crippen LogP contribution in [0.15, 0.2) is 18.2 Å². The van der Waals surface area contributed by atoms with E-state index in [1.165, 1.54) is 6.07 Å². The van der Waals surface area contributed by atoms with Crippen LogP contribution >= 0.6 is 0 Å². The van der Waals surface area contributed by atoms with Gasteiger partial charge in [0.1, 0.15) is 5.82 Å². The summed E-state index contributed by atoms with van der Waals surface area (Å²) in [4.78, 5) is 1.84. The topological polar surface area (TPSA) is 44.7 Å². The Morgan fingerprint density at radius 2 is 2.15 bits per heavy atom. The maximum atomic E-state index is 14.2. The van der Waals surface area contributed by atoms with Gasteiger partial charge in [-0.2, -0.15) is 0 Å². The van der Waals surface area contributed by atoms with Crippen molar-refractivity contribution in [3.05, 3.63) is 29.6 Å². The maximum Gasteiger partial charge on any atom is 0.146 e. The molecule has 0 aliphatic carbocycles. The predicted molar refractivity (Wildman–Crippen MR) is 79.6 cm³/mol. The van der Waals surface area contributed by atoms with Crippen LogP contribution in [0.5, 0.6) is 0 Å². The molecule has 0 heterocycles. The van der Waals surface area contributed by atoms with Gasteiger partial charge in [0, 0.05) is 26.7 Å². The minimum atomic E-state index is -0.259. The zero-order valence-electron chi connectivity index (χ0n) is 12.4. The fourth-order valence-electron chi connectivity index (χ4n) is 2.11. The van der Waals surface area contributed by atoms with Gasteiger partial charge in [-0.1, -0.05) is 19.1 Å². The van der Waals surface area contributed by atoms with E-state index in [1.54, 1.807) is 13.2 Å². The molecule has 20 heavy (non-hydrogen) atoms. The number of benzene rings is 1. The third-order valence-corrected chi connectivity index (χ3v) is 3.06. The summed E-state index contributed by atoms with van der Waals surface area (Å²) in [5.41, 5.74) is 1.46. The second-order valence-electron chi connectivity index (χ2n) is 4.63. The first kappa shape index (κ1) is 16.9. The standard InChI is InChI=1S/C15H25FN2O2/c1-3-7-17-12-13-5-4-6-14(16)15(13)18(8-10-19)9-11-20-2/h4-6,17,19H,3,7-12H2,1-2H3. The number of nitrogens with one attached hydrogen (secondary N) is 1. The lowest BCUT2D eigenvalue weighted by molar-refractivity contribution is 0.202. The summed E-state index contributed by atoms with van der Waals surface area (Å²) in [6.07, 6.45) is 1.04. The lowest BCUT2D eigenvalue weighted by Crippen LogP contribution is -2.32. The van der Waals surface area contributed by atoms with Crippen LogP contribution in [0, 0.1) is 5.82 Å². The molecule has 0 fully saturated rings. The predicted octanol–water partition coefficient (Wildman–Crippen LogP) is 1.77. The average Bonchev–Trinajstić information content (AvgIpc) is 2.44. The van der Waals surface area contributed by atoms with Crippen LogP contribution in [0.25, 0.3) is 0 Å². The minimum Gasteiger partial charge on any atom is -0.395 e. The van der Waals surface area contributed by atoms with Gasteiger partial charge in [-0.25, -0.2) is 4.39 Å². The molecule has 1 aromatic rings.